The van der Waals surface area contributed by atoms with Crippen LogP contribution in [0.4, 0.5) is 0 Å². The van der Waals surface area contributed by atoms with Crippen molar-refractivity contribution in [3.05, 3.63) is 34.3 Å². The smallest absolute Gasteiger partial charge is 0.0466 e. The number of hydrogen-bond acceptors (Lipinski definition) is 2. The van der Waals surface area contributed by atoms with E-state index < -0.39 is 0 Å². The minimum atomic E-state index is 0.551. The first-order valence-electron chi connectivity index (χ1n) is 7.31. The van der Waals surface area contributed by atoms with E-state index in [4.69, 9.17) is 4.74 Å². The summed E-state index contributed by atoms with van der Waals surface area (Å²) in [6, 6.07) is 9.15. The molecule has 0 bridgehead atoms. The summed E-state index contributed by atoms with van der Waals surface area (Å²) in [4.78, 5) is 0. The number of benzene rings is 1. The lowest BCUT2D eigenvalue weighted by Gasteiger charge is -2.18. The van der Waals surface area contributed by atoms with Crippen LogP contribution in [0.15, 0.2) is 28.7 Å². The zero-order valence-electron chi connectivity index (χ0n) is 12.1. The predicted molar refractivity (Wildman–Crippen MR) is 85.7 cm³/mol. The van der Waals surface area contributed by atoms with Gasteiger partial charge in [0.1, 0.15) is 0 Å². The van der Waals surface area contributed by atoms with Gasteiger partial charge in [-0.2, -0.15) is 0 Å². The summed E-state index contributed by atoms with van der Waals surface area (Å²) in [6.07, 6.45) is 4.57. The van der Waals surface area contributed by atoms with Gasteiger partial charge in [-0.25, -0.2) is 0 Å². The molecule has 0 aromatic heterocycles. The second-order valence-corrected chi connectivity index (χ2v) is 5.74. The van der Waals surface area contributed by atoms with Gasteiger partial charge in [0.05, 0.1) is 0 Å². The molecule has 1 atom stereocenters. The minimum absolute atomic E-state index is 0.551. The molecular formula is C16H26BrNO. The zero-order chi connectivity index (χ0) is 13.9. The van der Waals surface area contributed by atoms with Gasteiger partial charge in [0.15, 0.2) is 0 Å². The fraction of sp³-hybridized carbons (Fsp3) is 0.625. The van der Waals surface area contributed by atoms with E-state index in [2.05, 4.69) is 52.4 Å². The van der Waals surface area contributed by atoms with E-state index in [1.165, 1.54) is 18.4 Å². The van der Waals surface area contributed by atoms with Gasteiger partial charge < -0.3 is 10.1 Å². The van der Waals surface area contributed by atoms with E-state index in [1.54, 1.807) is 0 Å². The molecule has 1 aromatic carbocycles. The van der Waals surface area contributed by atoms with Crippen molar-refractivity contribution in [1.82, 2.24) is 5.32 Å². The zero-order valence-corrected chi connectivity index (χ0v) is 13.7. The number of nitrogens with one attached hydrogen (secondary N) is 1. The summed E-state index contributed by atoms with van der Waals surface area (Å²) in [6.45, 7) is 7.04. The van der Waals surface area contributed by atoms with E-state index >= 15 is 0 Å². The highest BCUT2D eigenvalue weighted by Gasteiger charge is 2.08. The molecule has 1 aromatic rings. The topological polar surface area (TPSA) is 21.3 Å². The molecule has 19 heavy (non-hydrogen) atoms. The predicted octanol–water partition coefficient (Wildman–Crippen LogP) is 4.18. The monoisotopic (exact) mass is 327 g/mol. The summed E-state index contributed by atoms with van der Waals surface area (Å²) >= 11 is 3.54. The van der Waals surface area contributed by atoms with Gasteiger partial charge in [-0.3, -0.25) is 0 Å². The molecule has 0 heterocycles. The van der Waals surface area contributed by atoms with Gasteiger partial charge >= 0.3 is 0 Å². The van der Waals surface area contributed by atoms with Crippen molar-refractivity contribution in [3.63, 3.8) is 0 Å². The van der Waals surface area contributed by atoms with Crippen molar-refractivity contribution in [3.8, 4) is 0 Å². The van der Waals surface area contributed by atoms with E-state index in [9.17, 15) is 0 Å². The van der Waals surface area contributed by atoms with Gasteiger partial charge in [0.25, 0.3) is 0 Å². The molecule has 3 heteroatoms. The van der Waals surface area contributed by atoms with Crippen molar-refractivity contribution in [2.45, 2.75) is 45.6 Å². The Labute approximate surface area is 126 Å². The Hall–Kier alpha value is -0.380. The number of ether oxygens (including phenoxy) is 1. The lowest BCUT2D eigenvalue weighted by molar-refractivity contribution is 0.140. The lowest BCUT2D eigenvalue weighted by Crippen LogP contribution is -2.32. The van der Waals surface area contributed by atoms with Crippen LogP contribution in [0.25, 0.3) is 0 Å². The van der Waals surface area contributed by atoms with E-state index in [1.807, 2.05) is 6.92 Å². The molecule has 108 valence electrons. The Morgan fingerprint density at radius 2 is 2.16 bits per heavy atom. The Morgan fingerprint density at radius 3 is 2.84 bits per heavy atom. The Balaban J connectivity index is 2.43. The summed E-state index contributed by atoms with van der Waals surface area (Å²) in [5.41, 5.74) is 1.39. The maximum Gasteiger partial charge on any atom is 0.0466 e. The summed E-state index contributed by atoms with van der Waals surface area (Å²) in [5.74, 6) is 0. The Morgan fingerprint density at radius 1 is 1.32 bits per heavy atom. The Kier molecular flexibility index (Phi) is 9.14. The maximum atomic E-state index is 5.42. The molecule has 0 saturated heterocycles. The van der Waals surface area contributed by atoms with Crippen LogP contribution in [0.5, 0.6) is 0 Å². The lowest BCUT2D eigenvalue weighted by atomic mass is 10.0. The van der Waals surface area contributed by atoms with Crippen LogP contribution < -0.4 is 5.32 Å². The van der Waals surface area contributed by atoms with E-state index in [-0.39, 0.29) is 0 Å². The van der Waals surface area contributed by atoms with Crippen LogP contribution in [-0.2, 0) is 11.2 Å². The standard InChI is InChI=1S/C16H26BrNO/c1-3-10-18-16(9-6-11-19-4-2)13-14-7-5-8-15(17)12-14/h5,7-8,12,16,18H,3-4,6,9-11,13H2,1-2H3. The number of halogens is 1. The van der Waals surface area contributed by atoms with Crippen molar-refractivity contribution < 1.29 is 4.74 Å². The average Bonchev–Trinajstić information content (AvgIpc) is 2.40. The van der Waals surface area contributed by atoms with E-state index in [0.717, 1.165) is 37.1 Å². The van der Waals surface area contributed by atoms with Gasteiger partial charge in [0, 0.05) is 23.7 Å². The number of rotatable bonds is 10. The third kappa shape index (κ3) is 7.71. The first kappa shape index (κ1) is 16.7. The van der Waals surface area contributed by atoms with Gasteiger partial charge in [-0.05, 0) is 56.8 Å². The molecule has 0 aliphatic rings. The highest BCUT2D eigenvalue weighted by molar-refractivity contribution is 9.10. The average molecular weight is 328 g/mol. The van der Waals surface area contributed by atoms with Crippen LogP contribution in [-0.4, -0.2) is 25.8 Å². The molecule has 0 radical (unpaired) electrons. The molecule has 0 aliphatic heterocycles. The summed E-state index contributed by atoms with van der Waals surface area (Å²) in [7, 11) is 0. The van der Waals surface area contributed by atoms with Crippen molar-refractivity contribution in [2.75, 3.05) is 19.8 Å². The fourth-order valence-electron chi connectivity index (χ4n) is 2.15. The van der Waals surface area contributed by atoms with Crippen LogP contribution in [0.3, 0.4) is 0 Å². The summed E-state index contributed by atoms with van der Waals surface area (Å²) < 4.78 is 6.58. The molecule has 0 spiro atoms. The highest BCUT2D eigenvalue weighted by atomic mass is 79.9. The maximum absolute atomic E-state index is 5.42. The molecule has 0 saturated carbocycles. The molecule has 0 aliphatic carbocycles. The van der Waals surface area contributed by atoms with Crippen LogP contribution in [0, 0.1) is 0 Å². The largest absolute Gasteiger partial charge is 0.382 e. The second-order valence-electron chi connectivity index (χ2n) is 4.82. The molecule has 0 amide bonds. The van der Waals surface area contributed by atoms with Gasteiger partial charge in [-0.15, -0.1) is 0 Å². The number of hydrogen-bond donors (Lipinski definition) is 1. The molecule has 0 fully saturated rings. The van der Waals surface area contributed by atoms with Crippen molar-refractivity contribution in [1.29, 1.82) is 0 Å². The molecule has 1 rings (SSSR count). The van der Waals surface area contributed by atoms with Crippen LogP contribution in [0.1, 0.15) is 38.7 Å². The van der Waals surface area contributed by atoms with Crippen LogP contribution in [0.2, 0.25) is 0 Å². The van der Waals surface area contributed by atoms with Crippen molar-refractivity contribution >= 4 is 15.9 Å². The normalized spacial score (nSPS) is 12.6. The van der Waals surface area contributed by atoms with E-state index in [0.29, 0.717) is 6.04 Å². The second kappa shape index (κ2) is 10.4. The molecular weight excluding hydrogens is 302 g/mol. The SMILES string of the molecule is CCCNC(CCCOCC)Cc1cccc(Br)c1. The van der Waals surface area contributed by atoms with Gasteiger partial charge in [0.2, 0.25) is 0 Å². The first-order valence-corrected chi connectivity index (χ1v) is 8.11. The molecule has 1 N–H and O–H groups in total. The quantitative estimate of drug-likeness (QED) is 0.651. The third-order valence-corrected chi connectivity index (χ3v) is 3.59. The minimum Gasteiger partial charge on any atom is -0.382 e. The molecule has 1 unspecified atom stereocenters. The third-order valence-electron chi connectivity index (χ3n) is 3.10. The summed E-state index contributed by atoms with van der Waals surface area (Å²) in [5, 5.41) is 3.64. The van der Waals surface area contributed by atoms with Crippen LogP contribution >= 0.6 is 15.9 Å². The molecule has 2 nitrogen and oxygen atoms in total. The van der Waals surface area contributed by atoms with Gasteiger partial charge in [-0.1, -0.05) is 35.0 Å². The Bertz CT molecular complexity index is 343. The highest BCUT2D eigenvalue weighted by Crippen LogP contribution is 2.14. The fourth-order valence-corrected chi connectivity index (χ4v) is 2.60. The first-order chi connectivity index (χ1) is 9.26. The van der Waals surface area contributed by atoms with Crippen molar-refractivity contribution in [2.24, 2.45) is 0 Å².